The Hall–Kier alpha value is -3.11. The Bertz CT molecular complexity index is 1140. The van der Waals surface area contributed by atoms with E-state index in [1.165, 1.54) is 57.8 Å². The number of esters is 2. The van der Waals surface area contributed by atoms with Crippen molar-refractivity contribution in [2.75, 3.05) is 6.61 Å². The predicted octanol–water partition coefficient (Wildman–Crippen LogP) is 9.97. The Morgan fingerprint density at radius 2 is 1.22 bits per heavy atom. The van der Waals surface area contributed by atoms with Gasteiger partial charge in [0.1, 0.15) is 12.4 Å². The third-order valence-electron chi connectivity index (χ3n) is 7.22. The summed E-state index contributed by atoms with van der Waals surface area (Å²) in [5.41, 5.74) is 3.52. The van der Waals surface area contributed by atoms with Crippen molar-refractivity contribution in [3.05, 3.63) is 90.0 Å². The minimum absolute atomic E-state index is 0.149. The van der Waals surface area contributed by atoms with Gasteiger partial charge in [-0.2, -0.15) is 0 Å². The number of hydrogen-bond acceptors (Lipinski definition) is 4. The van der Waals surface area contributed by atoms with Gasteiger partial charge in [0.25, 0.3) is 0 Å². The van der Waals surface area contributed by atoms with Crippen LogP contribution in [-0.4, -0.2) is 23.9 Å². The van der Waals surface area contributed by atoms with E-state index in [1.54, 1.807) is 12.1 Å². The fraction of sp³-hybridized carbons (Fsp3) is 0.444. The van der Waals surface area contributed by atoms with Crippen LogP contribution in [-0.2, 0) is 16.0 Å². The third kappa shape index (κ3) is 12.9. The van der Waals surface area contributed by atoms with Crippen molar-refractivity contribution in [3.63, 3.8) is 0 Å². The van der Waals surface area contributed by atoms with Crippen LogP contribution in [0.5, 0.6) is 5.75 Å². The molecule has 0 aliphatic rings. The second-order valence-corrected chi connectivity index (χ2v) is 11.4. The number of hydrogen-bond donors (Lipinski definition) is 0. The van der Waals surface area contributed by atoms with E-state index < -0.39 is 5.97 Å². The molecular formula is C36H45ClO4. The molecule has 0 fully saturated rings. The average Bonchev–Trinajstić information content (AvgIpc) is 2.99. The largest absolute Gasteiger partial charge is 0.461 e. The van der Waals surface area contributed by atoms with Gasteiger partial charge in [-0.1, -0.05) is 126 Å². The van der Waals surface area contributed by atoms with Gasteiger partial charge < -0.3 is 9.47 Å². The zero-order valence-corrected chi connectivity index (χ0v) is 25.2. The lowest BCUT2D eigenvalue weighted by Crippen LogP contribution is -2.16. The third-order valence-corrected chi connectivity index (χ3v) is 7.50. The Labute approximate surface area is 251 Å². The van der Waals surface area contributed by atoms with Crippen LogP contribution in [0.15, 0.2) is 78.9 Å². The second kappa shape index (κ2) is 19.1. The van der Waals surface area contributed by atoms with E-state index >= 15 is 0 Å². The van der Waals surface area contributed by atoms with Gasteiger partial charge >= 0.3 is 11.9 Å². The zero-order valence-electron chi connectivity index (χ0n) is 24.5. The molecular weight excluding hydrogens is 532 g/mol. The molecule has 5 heteroatoms. The molecule has 0 aliphatic carbocycles. The predicted molar refractivity (Wildman–Crippen MR) is 169 cm³/mol. The lowest BCUT2D eigenvalue weighted by Gasteiger charge is -2.11. The molecule has 3 rings (SSSR count). The lowest BCUT2D eigenvalue weighted by molar-refractivity contribution is -0.134. The molecule has 0 aromatic heterocycles. The molecule has 0 radical (unpaired) electrons. The quantitative estimate of drug-likeness (QED) is 0.0616. The van der Waals surface area contributed by atoms with Crippen molar-refractivity contribution in [3.8, 4) is 16.9 Å². The summed E-state index contributed by atoms with van der Waals surface area (Å²) in [6.07, 6.45) is 14.9. The van der Waals surface area contributed by atoms with Crippen LogP contribution >= 0.6 is 11.6 Å². The number of halogens is 1. The highest BCUT2D eigenvalue weighted by Crippen LogP contribution is 2.24. The van der Waals surface area contributed by atoms with Gasteiger partial charge in [0.05, 0.1) is 10.9 Å². The van der Waals surface area contributed by atoms with Gasteiger partial charge in [0.15, 0.2) is 0 Å². The molecule has 4 nitrogen and oxygen atoms in total. The summed E-state index contributed by atoms with van der Waals surface area (Å²) in [5.74, 6) is -0.0250. The highest BCUT2D eigenvalue weighted by Gasteiger charge is 2.12. The normalized spacial score (nSPS) is 11.7. The summed E-state index contributed by atoms with van der Waals surface area (Å²) in [6, 6.07) is 24.6. The van der Waals surface area contributed by atoms with Crippen molar-refractivity contribution in [2.45, 2.75) is 95.8 Å². The molecule has 0 bridgehead atoms. The van der Waals surface area contributed by atoms with Gasteiger partial charge in [0.2, 0.25) is 0 Å². The molecule has 41 heavy (non-hydrogen) atoms. The van der Waals surface area contributed by atoms with Crippen LogP contribution in [0.2, 0.25) is 0 Å². The van der Waals surface area contributed by atoms with Crippen LogP contribution in [0.4, 0.5) is 0 Å². The highest BCUT2D eigenvalue weighted by molar-refractivity contribution is 6.20. The van der Waals surface area contributed by atoms with Crippen LogP contribution < -0.4 is 4.74 Å². The van der Waals surface area contributed by atoms with E-state index in [0.29, 0.717) is 24.2 Å². The maximum absolute atomic E-state index is 12.5. The van der Waals surface area contributed by atoms with Crippen molar-refractivity contribution in [1.29, 1.82) is 0 Å². The lowest BCUT2D eigenvalue weighted by atomic mass is 10.0. The van der Waals surface area contributed by atoms with Crippen LogP contribution in [0.3, 0.4) is 0 Å². The fourth-order valence-corrected chi connectivity index (χ4v) is 5.05. The molecule has 0 heterocycles. The zero-order chi connectivity index (χ0) is 29.1. The number of carbonyl (C=O) groups excluding carboxylic acids is 2. The molecule has 1 unspecified atom stereocenters. The number of unbranched alkanes of at least 4 members (excludes halogenated alkanes) is 10. The summed E-state index contributed by atoms with van der Waals surface area (Å²) in [7, 11) is 0. The van der Waals surface area contributed by atoms with E-state index in [-0.39, 0.29) is 18.0 Å². The first-order valence-electron chi connectivity index (χ1n) is 15.3. The average molecular weight is 577 g/mol. The van der Waals surface area contributed by atoms with Crippen molar-refractivity contribution >= 4 is 23.5 Å². The van der Waals surface area contributed by atoms with Gasteiger partial charge in [-0.3, -0.25) is 4.79 Å². The van der Waals surface area contributed by atoms with E-state index in [0.717, 1.165) is 29.5 Å². The maximum Gasteiger partial charge on any atom is 0.338 e. The standard InChI is InChI=1S/C36H45ClO4/c1-2-3-4-5-6-7-8-9-10-11-15-18-35(38)41-34-25-23-31(24-26-34)30-19-21-32(22-20-30)36(39)40-28-33(37)27-29-16-13-12-14-17-29/h12-14,16-17,19-26,33H,2-11,15,18,27-28H2,1H3. The molecule has 3 aromatic rings. The van der Waals surface area contributed by atoms with Crippen LogP contribution in [0.1, 0.15) is 99.9 Å². The summed E-state index contributed by atoms with van der Waals surface area (Å²) in [4.78, 5) is 24.7. The highest BCUT2D eigenvalue weighted by atomic mass is 35.5. The van der Waals surface area contributed by atoms with Crippen LogP contribution in [0, 0.1) is 0 Å². The molecule has 0 aliphatic heterocycles. The first-order valence-corrected chi connectivity index (χ1v) is 15.7. The summed E-state index contributed by atoms with van der Waals surface area (Å²) in [6.45, 7) is 2.40. The van der Waals surface area contributed by atoms with Crippen molar-refractivity contribution in [2.24, 2.45) is 0 Å². The van der Waals surface area contributed by atoms with E-state index in [2.05, 4.69) is 6.92 Å². The summed E-state index contributed by atoms with van der Waals surface area (Å²) in [5, 5.41) is -0.284. The molecule has 0 saturated heterocycles. The minimum Gasteiger partial charge on any atom is -0.461 e. The number of rotatable bonds is 19. The summed E-state index contributed by atoms with van der Waals surface area (Å²) < 4.78 is 10.9. The SMILES string of the molecule is CCCCCCCCCCCCCC(=O)Oc1ccc(-c2ccc(C(=O)OCC(Cl)Cc3ccccc3)cc2)cc1. The van der Waals surface area contributed by atoms with E-state index in [4.69, 9.17) is 21.1 Å². The number of alkyl halides is 1. The first kappa shape index (κ1) is 32.4. The topological polar surface area (TPSA) is 52.6 Å². The molecule has 220 valence electrons. The first-order chi connectivity index (χ1) is 20.0. The van der Waals surface area contributed by atoms with Gasteiger partial charge in [-0.05, 0) is 53.8 Å². The Kier molecular flexibility index (Phi) is 15.1. The van der Waals surface area contributed by atoms with Gasteiger partial charge in [-0.15, -0.1) is 11.6 Å². The van der Waals surface area contributed by atoms with Gasteiger partial charge in [0, 0.05) is 6.42 Å². The number of carbonyl (C=O) groups is 2. The molecule has 1 atom stereocenters. The van der Waals surface area contributed by atoms with E-state index in [1.807, 2.05) is 66.7 Å². The maximum atomic E-state index is 12.5. The van der Waals surface area contributed by atoms with E-state index in [9.17, 15) is 9.59 Å². The minimum atomic E-state index is -0.393. The number of ether oxygens (including phenoxy) is 2. The monoisotopic (exact) mass is 576 g/mol. The summed E-state index contributed by atoms with van der Waals surface area (Å²) >= 11 is 6.36. The Balaban J connectivity index is 1.32. The molecule has 0 N–H and O–H groups in total. The Morgan fingerprint density at radius 1 is 0.683 bits per heavy atom. The Morgan fingerprint density at radius 3 is 1.80 bits per heavy atom. The van der Waals surface area contributed by atoms with Crippen LogP contribution in [0.25, 0.3) is 11.1 Å². The van der Waals surface area contributed by atoms with Gasteiger partial charge in [-0.25, -0.2) is 4.79 Å². The smallest absolute Gasteiger partial charge is 0.338 e. The molecule has 3 aromatic carbocycles. The van der Waals surface area contributed by atoms with Crippen molar-refractivity contribution in [1.82, 2.24) is 0 Å². The number of benzene rings is 3. The molecule has 0 spiro atoms. The molecule has 0 amide bonds. The second-order valence-electron chi connectivity index (χ2n) is 10.7. The van der Waals surface area contributed by atoms with Crippen molar-refractivity contribution < 1.29 is 19.1 Å². The molecule has 0 saturated carbocycles. The fourth-order valence-electron chi connectivity index (χ4n) is 4.81.